The molecule has 6 nitrogen and oxygen atoms in total. The van der Waals surface area contributed by atoms with Crippen LogP contribution in [0, 0.1) is 0 Å². The van der Waals surface area contributed by atoms with E-state index in [0.717, 1.165) is 16.7 Å². The molecule has 0 saturated heterocycles. The van der Waals surface area contributed by atoms with Gasteiger partial charge in [0, 0.05) is 31.5 Å². The molecule has 0 saturated carbocycles. The molecule has 0 spiro atoms. The van der Waals surface area contributed by atoms with Crippen molar-refractivity contribution in [3.63, 3.8) is 0 Å². The molecule has 0 radical (unpaired) electrons. The molecule has 1 N–H and O–H groups in total. The first-order valence-corrected chi connectivity index (χ1v) is 7.77. The summed E-state index contributed by atoms with van der Waals surface area (Å²) in [5.41, 5.74) is 2.08. The van der Waals surface area contributed by atoms with Gasteiger partial charge in [0.2, 0.25) is 5.88 Å². The van der Waals surface area contributed by atoms with Gasteiger partial charge in [0.1, 0.15) is 0 Å². The van der Waals surface area contributed by atoms with Crippen molar-refractivity contribution in [2.45, 2.75) is 24.9 Å². The minimum Gasteiger partial charge on any atom is -0.481 e. The molecule has 122 valence electrons. The Morgan fingerprint density at radius 2 is 1.92 bits per heavy atom. The van der Waals surface area contributed by atoms with Crippen LogP contribution < -0.4 is 4.74 Å². The van der Waals surface area contributed by atoms with Gasteiger partial charge in [-0.25, -0.2) is 4.98 Å². The van der Waals surface area contributed by atoms with Crippen molar-refractivity contribution in [2.75, 3.05) is 7.11 Å². The second-order valence-corrected chi connectivity index (χ2v) is 6.06. The molecule has 1 aliphatic carbocycles. The Labute approximate surface area is 139 Å². The van der Waals surface area contributed by atoms with Crippen molar-refractivity contribution in [2.24, 2.45) is 0 Å². The maximum absolute atomic E-state index is 10.9. The number of methoxy groups -OCH3 is 1. The molecule has 0 atom stereocenters. The molecule has 0 fully saturated rings. The van der Waals surface area contributed by atoms with Crippen LogP contribution in [0.15, 0.2) is 47.1 Å². The van der Waals surface area contributed by atoms with Gasteiger partial charge in [-0.15, -0.1) is 0 Å². The second kappa shape index (κ2) is 5.72. The summed E-state index contributed by atoms with van der Waals surface area (Å²) in [5, 5.41) is 14.9. The molecule has 0 unspecified atom stereocenters. The van der Waals surface area contributed by atoms with E-state index in [0.29, 0.717) is 31.0 Å². The quantitative estimate of drug-likeness (QED) is 0.791. The van der Waals surface area contributed by atoms with E-state index in [1.807, 2.05) is 30.3 Å². The topological polar surface area (TPSA) is 81.3 Å². The largest absolute Gasteiger partial charge is 0.481 e. The van der Waals surface area contributed by atoms with Gasteiger partial charge in [-0.05, 0) is 16.7 Å². The molecule has 0 aliphatic heterocycles. The Hall–Kier alpha value is -2.73. The molecule has 3 aromatic rings. The summed E-state index contributed by atoms with van der Waals surface area (Å²) in [5.74, 6) is 1.36. The Morgan fingerprint density at radius 1 is 1.17 bits per heavy atom. The SMILES string of the molecule is COc1ccc(Cc2noc(C3(O)Cc4ccccc4C3)n2)cn1. The first-order chi connectivity index (χ1) is 11.7. The smallest absolute Gasteiger partial charge is 0.259 e. The highest BCUT2D eigenvalue weighted by Gasteiger charge is 2.41. The van der Waals surface area contributed by atoms with Crippen LogP contribution in [0.5, 0.6) is 5.88 Å². The number of benzene rings is 1. The van der Waals surface area contributed by atoms with Crippen LogP contribution in [0.25, 0.3) is 0 Å². The maximum Gasteiger partial charge on any atom is 0.259 e. The number of fused-ring (bicyclic) bond motifs is 1. The fourth-order valence-corrected chi connectivity index (χ4v) is 3.08. The lowest BCUT2D eigenvalue weighted by Crippen LogP contribution is -2.26. The van der Waals surface area contributed by atoms with Gasteiger partial charge >= 0.3 is 0 Å². The monoisotopic (exact) mass is 323 g/mol. The Morgan fingerprint density at radius 3 is 2.54 bits per heavy atom. The maximum atomic E-state index is 10.9. The summed E-state index contributed by atoms with van der Waals surface area (Å²) < 4.78 is 10.4. The van der Waals surface area contributed by atoms with E-state index in [4.69, 9.17) is 9.26 Å². The summed E-state index contributed by atoms with van der Waals surface area (Å²) in [6.45, 7) is 0. The minimum absolute atomic E-state index is 0.273. The predicted octanol–water partition coefficient (Wildman–Crippen LogP) is 2.05. The van der Waals surface area contributed by atoms with E-state index in [1.165, 1.54) is 0 Å². The third-order valence-electron chi connectivity index (χ3n) is 4.32. The van der Waals surface area contributed by atoms with E-state index in [-0.39, 0.29) is 5.89 Å². The van der Waals surface area contributed by atoms with Crippen LogP contribution in [0.4, 0.5) is 0 Å². The Balaban J connectivity index is 1.52. The van der Waals surface area contributed by atoms with Gasteiger partial charge in [0.05, 0.1) is 7.11 Å². The molecule has 1 aromatic carbocycles. The highest BCUT2D eigenvalue weighted by molar-refractivity contribution is 5.36. The highest BCUT2D eigenvalue weighted by Crippen LogP contribution is 2.36. The molecule has 24 heavy (non-hydrogen) atoms. The zero-order valence-corrected chi connectivity index (χ0v) is 13.3. The number of pyridine rings is 1. The number of hydrogen-bond donors (Lipinski definition) is 1. The fraction of sp³-hybridized carbons (Fsp3) is 0.278. The number of ether oxygens (including phenoxy) is 1. The first kappa shape index (κ1) is 14.8. The van der Waals surface area contributed by atoms with Gasteiger partial charge < -0.3 is 14.4 Å². The van der Waals surface area contributed by atoms with Crippen LogP contribution in [0.1, 0.15) is 28.4 Å². The molecular weight excluding hydrogens is 306 g/mol. The number of hydrogen-bond acceptors (Lipinski definition) is 6. The van der Waals surface area contributed by atoms with Crippen molar-refractivity contribution in [1.29, 1.82) is 0 Å². The highest BCUT2D eigenvalue weighted by atomic mass is 16.5. The van der Waals surface area contributed by atoms with E-state index >= 15 is 0 Å². The van der Waals surface area contributed by atoms with Crippen molar-refractivity contribution < 1.29 is 14.4 Å². The van der Waals surface area contributed by atoms with Crippen LogP contribution >= 0.6 is 0 Å². The Kier molecular flexibility index (Phi) is 3.54. The average molecular weight is 323 g/mol. The van der Waals surface area contributed by atoms with Crippen LogP contribution in [0.2, 0.25) is 0 Å². The van der Waals surface area contributed by atoms with Crippen LogP contribution in [-0.4, -0.2) is 27.3 Å². The molecule has 4 rings (SSSR count). The predicted molar refractivity (Wildman–Crippen MR) is 85.6 cm³/mol. The number of aliphatic hydroxyl groups is 1. The molecule has 0 bridgehead atoms. The standard InChI is InChI=1S/C18H17N3O3/c1-23-16-7-6-12(11-19-16)8-15-20-17(24-21-15)18(22)9-13-4-2-3-5-14(13)10-18/h2-7,11,22H,8-10H2,1H3. The second-order valence-electron chi connectivity index (χ2n) is 6.06. The van der Waals surface area contributed by atoms with Crippen LogP contribution in [-0.2, 0) is 24.9 Å². The lowest BCUT2D eigenvalue weighted by atomic mass is 10.0. The number of rotatable bonds is 4. The molecule has 1 aliphatic rings. The van der Waals surface area contributed by atoms with Crippen molar-refractivity contribution in [3.05, 3.63) is 71.0 Å². The third-order valence-corrected chi connectivity index (χ3v) is 4.32. The van der Waals surface area contributed by atoms with E-state index in [1.54, 1.807) is 19.4 Å². The van der Waals surface area contributed by atoms with Crippen molar-refractivity contribution in [1.82, 2.24) is 15.1 Å². The van der Waals surface area contributed by atoms with Crippen molar-refractivity contribution >= 4 is 0 Å². The fourth-order valence-electron chi connectivity index (χ4n) is 3.08. The molecule has 6 heteroatoms. The lowest BCUT2D eigenvalue weighted by molar-refractivity contribution is 0.0145. The van der Waals surface area contributed by atoms with E-state index < -0.39 is 5.60 Å². The van der Waals surface area contributed by atoms with Gasteiger partial charge in [0.25, 0.3) is 5.89 Å². The number of nitrogens with zero attached hydrogens (tertiary/aromatic N) is 3. The van der Waals surface area contributed by atoms with Gasteiger partial charge in [-0.1, -0.05) is 35.5 Å². The van der Waals surface area contributed by atoms with Crippen LogP contribution in [0.3, 0.4) is 0 Å². The number of aromatic nitrogens is 3. The Bertz CT molecular complexity index is 833. The van der Waals surface area contributed by atoms with Gasteiger partial charge in [-0.2, -0.15) is 4.98 Å². The molecular formula is C18H17N3O3. The summed E-state index contributed by atoms with van der Waals surface area (Å²) >= 11 is 0. The summed E-state index contributed by atoms with van der Waals surface area (Å²) in [4.78, 5) is 8.56. The van der Waals surface area contributed by atoms with E-state index in [9.17, 15) is 5.11 Å². The van der Waals surface area contributed by atoms with Gasteiger partial charge in [-0.3, -0.25) is 0 Å². The summed E-state index contributed by atoms with van der Waals surface area (Å²) in [6.07, 6.45) is 3.20. The van der Waals surface area contributed by atoms with Gasteiger partial charge in [0.15, 0.2) is 11.4 Å². The summed E-state index contributed by atoms with van der Waals surface area (Å²) in [7, 11) is 1.58. The molecule has 0 amide bonds. The minimum atomic E-state index is -1.12. The van der Waals surface area contributed by atoms with E-state index in [2.05, 4.69) is 15.1 Å². The third kappa shape index (κ3) is 2.65. The van der Waals surface area contributed by atoms with Crippen molar-refractivity contribution in [3.8, 4) is 5.88 Å². The normalized spacial score (nSPS) is 15.2. The molecule has 2 heterocycles. The zero-order chi connectivity index (χ0) is 16.6. The lowest BCUT2D eigenvalue weighted by Gasteiger charge is -2.16. The average Bonchev–Trinajstić information content (AvgIpc) is 3.20. The zero-order valence-electron chi connectivity index (χ0n) is 13.3. The summed E-state index contributed by atoms with van der Waals surface area (Å²) in [6, 6.07) is 11.7. The first-order valence-electron chi connectivity index (χ1n) is 7.77. The molecule has 2 aromatic heterocycles.